The Morgan fingerprint density at radius 2 is 1.92 bits per heavy atom. The second kappa shape index (κ2) is 8.17. The van der Waals surface area contributed by atoms with E-state index in [1.165, 1.54) is 0 Å². The number of esters is 1. The third-order valence-electron chi connectivity index (χ3n) is 4.96. The highest BCUT2D eigenvalue weighted by Gasteiger charge is 2.27. The molecule has 0 bridgehead atoms. The highest BCUT2D eigenvalue weighted by Crippen LogP contribution is 2.31. The van der Waals surface area contributed by atoms with Crippen molar-refractivity contribution >= 4 is 28.5 Å². The monoisotopic (exact) mass is 355 g/mol. The lowest BCUT2D eigenvalue weighted by atomic mass is 9.85. The van der Waals surface area contributed by atoms with Crippen LogP contribution in [0.4, 0.5) is 5.69 Å². The maximum atomic E-state index is 12.4. The number of fused-ring (bicyclic) bond motifs is 1. The van der Waals surface area contributed by atoms with Gasteiger partial charge in [0.1, 0.15) is 5.56 Å². The minimum atomic E-state index is -0.368. The minimum Gasteiger partial charge on any atom is -0.462 e. The minimum absolute atomic E-state index is 0.0803. The first-order valence-corrected chi connectivity index (χ1v) is 9.17. The number of nitrogens with zero attached hydrogens (tertiary/aromatic N) is 1. The number of nitrogens with one attached hydrogen (secondary N) is 2. The molecule has 3 rings (SSSR count). The number of para-hydroxylation sites is 1. The Morgan fingerprint density at radius 3 is 2.62 bits per heavy atom. The van der Waals surface area contributed by atoms with Gasteiger partial charge in [-0.25, -0.2) is 4.79 Å². The van der Waals surface area contributed by atoms with E-state index in [9.17, 15) is 9.59 Å². The van der Waals surface area contributed by atoms with Crippen LogP contribution in [-0.2, 0) is 9.53 Å². The van der Waals surface area contributed by atoms with Gasteiger partial charge in [-0.1, -0.05) is 18.2 Å². The molecule has 6 heteroatoms. The Hall–Kier alpha value is -2.63. The summed E-state index contributed by atoms with van der Waals surface area (Å²) in [5, 5.41) is 7.18. The van der Waals surface area contributed by atoms with Crippen LogP contribution in [-0.4, -0.2) is 36.6 Å². The van der Waals surface area contributed by atoms with Crippen molar-refractivity contribution < 1.29 is 14.3 Å². The number of aromatic nitrogens is 1. The largest absolute Gasteiger partial charge is 0.462 e. The molecule has 1 heterocycles. The predicted octanol–water partition coefficient (Wildman–Crippen LogP) is 3.13. The molecule has 1 aliphatic rings. The maximum Gasteiger partial charge on any atom is 0.341 e. The summed E-state index contributed by atoms with van der Waals surface area (Å²) < 4.78 is 5.20. The fraction of sp³-hybridized carbons (Fsp3) is 0.450. The molecule has 0 spiro atoms. The average molecular weight is 355 g/mol. The Labute approximate surface area is 153 Å². The number of carbonyl (C=O) groups is 2. The van der Waals surface area contributed by atoms with Gasteiger partial charge in [-0.2, -0.15) is 0 Å². The molecule has 2 N–H and O–H groups in total. The van der Waals surface area contributed by atoms with E-state index in [4.69, 9.17) is 4.74 Å². The quantitative estimate of drug-likeness (QED) is 0.806. The third-order valence-corrected chi connectivity index (χ3v) is 4.96. The molecule has 26 heavy (non-hydrogen) atoms. The van der Waals surface area contributed by atoms with Gasteiger partial charge in [0.05, 0.1) is 17.8 Å². The normalized spacial score (nSPS) is 19.8. The van der Waals surface area contributed by atoms with E-state index in [0.717, 1.165) is 42.3 Å². The van der Waals surface area contributed by atoms with Crippen molar-refractivity contribution in [2.24, 2.45) is 5.92 Å². The number of hydrogen-bond donors (Lipinski definition) is 2. The van der Waals surface area contributed by atoms with E-state index in [2.05, 4.69) is 15.6 Å². The van der Waals surface area contributed by atoms with Gasteiger partial charge in [-0.15, -0.1) is 0 Å². The van der Waals surface area contributed by atoms with Gasteiger partial charge in [0, 0.05) is 30.6 Å². The Kier molecular flexibility index (Phi) is 5.71. The van der Waals surface area contributed by atoms with Crippen molar-refractivity contribution in [3.63, 3.8) is 0 Å². The van der Waals surface area contributed by atoms with Crippen LogP contribution in [0.3, 0.4) is 0 Å². The number of hydrogen-bond acceptors (Lipinski definition) is 5. The number of anilines is 1. The average Bonchev–Trinajstić information content (AvgIpc) is 2.68. The zero-order chi connectivity index (χ0) is 18.5. The molecule has 0 unspecified atom stereocenters. The van der Waals surface area contributed by atoms with Crippen molar-refractivity contribution in [1.29, 1.82) is 0 Å². The molecule has 1 aliphatic carbocycles. The van der Waals surface area contributed by atoms with Gasteiger partial charge < -0.3 is 15.4 Å². The van der Waals surface area contributed by atoms with Crippen LogP contribution >= 0.6 is 0 Å². The highest BCUT2D eigenvalue weighted by molar-refractivity contribution is 6.04. The molecule has 0 radical (unpaired) electrons. The number of rotatable bonds is 5. The van der Waals surface area contributed by atoms with Gasteiger partial charge in [0.25, 0.3) is 0 Å². The molecule has 1 amide bonds. The molecule has 0 aliphatic heterocycles. The van der Waals surface area contributed by atoms with E-state index in [0.29, 0.717) is 12.2 Å². The van der Waals surface area contributed by atoms with Gasteiger partial charge >= 0.3 is 5.97 Å². The van der Waals surface area contributed by atoms with Crippen LogP contribution in [0.1, 0.15) is 43.0 Å². The zero-order valence-corrected chi connectivity index (χ0v) is 15.2. The van der Waals surface area contributed by atoms with Crippen molar-refractivity contribution in [3.05, 3.63) is 36.0 Å². The lowest BCUT2D eigenvalue weighted by Crippen LogP contribution is -2.34. The lowest BCUT2D eigenvalue weighted by molar-refractivity contribution is -0.125. The summed E-state index contributed by atoms with van der Waals surface area (Å²) in [4.78, 5) is 28.6. The van der Waals surface area contributed by atoms with E-state index < -0.39 is 0 Å². The summed E-state index contributed by atoms with van der Waals surface area (Å²) in [5.74, 6) is -0.172. The highest BCUT2D eigenvalue weighted by atomic mass is 16.5. The molecule has 138 valence electrons. The fourth-order valence-electron chi connectivity index (χ4n) is 3.57. The standard InChI is InChI=1S/C20H25N3O3/c1-3-26-20(25)16-12-22-17-7-5-4-6-15(17)18(16)23-14-10-8-13(9-11-14)19(24)21-2/h4-7,12-14H,3,8-11H2,1-2H3,(H,21,24)(H,22,23). The SMILES string of the molecule is CCOC(=O)c1cnc2ccccc2c1NC1CCC(C(=O)NC)CC1. The van der Waals surface area contributed by atoms with Gasteiger partial charge in [-0.05, 0) is 38.7 Å². The Balaban J connectivity index is 1.85. The zero-order valence-electron chi connectivity index (χ0n) is 15.2. The van der Waals surface area contributed by atoms with Crippen LogP contribution in [0.25, 0.3) is 10.9 Å². The predicted molar refractivity (Wildman–Crippen MR) is 101 cm³/mol. The Bertz CT molecular complexity index is 798. The summed E-state index contributed by atoms with van der Waals surface area (Å²) in [6, 6.07) is 7.97. The first-order valence-electron chi connectivity index (χ1n) is 9.17. The summed E-state index contributed by atoms with van der Waals surface area (Å²) in [6.07, 6.45) is 5.04. The lowest BCUT2D eigenvalue weighted by Gasteiger charge is -2.29. The van der Waals surface area contributed by atoms with Crippen LogP contribution in [0.5, 0.6) is 0 Å². The molecule has 0 saturated heterocycles. The van der Waals surface area contributed by atoms with E-state index in [1.54, 1.807) is 20.2 Å². The molecular weight excluding hydrogens is 330 g/mol. The summed E-state index contributed by atoms with van der Waals surface area (Å²) in [6.45, 7) is 2.11. The molecular formula is C20H25N3O3. The smallest absolute Gasteiger partial charge is 0.341 e. The number of carbonyl (C=O) groups excluding carboxylic acids is 2. The summed E-state index contributed by atoms with van der Waals surface area (Å²) >= 11 is 0. The van der Waals surface area contributed by atoms with E-state index in [1.807, 2.05) is 24.3 Å². The van der Waals surface area contributed by atoms with Crippen molar-refractivity contribution in [2.45, 2.75) is 38.6 Å². The van der Waals surface area contributed by atoms with Crippen molar-refractivity contribution in [2.75, 3.05) is 19.0 Å². The second-order valence-corrected chi connectivity index (χ2v) is 6.59. The van der Waals surface area contributed by atoms with Gasteiger partial charge in [0.15, 0.2) is 0 Å². The second-order valence-electron chi connectivity index (χ2n) is 6.59. The number of benzene rings is 1. The molecule has 2 aromatic rings. The maximum absolute atomic E-state index is 12.4. The van der Waals surface area contributed by atoms with Crippen molar-refractivity contribution in [3.8, 4) is 0 Å². The molecule has 1 aromatic carbocycles. The molecule has 1 saturated carbocycles. The topological polar surface area (TPSA) is 80.3 Å². The van der Waals surface area contributed by atoms with E-state index >= 15 is 0 Å². The van der Waals surface area contributed by atoms with Crippen molar-refractivity contribution in [1.82, 2.24) is 10.3 Å². The fourth-order valence-corrected chi connectivity index (χ4v) is 3.57. The summed E-state index contributed by atoms with van der Waals surface area (Å²) in [7, 11) is 1.68. The first-order chi connectivity index (χ1) is 12.6. The van der Waals surface area contributed by atoms with E-state index in [-0.39, 0.29) is 23.8 Å². The van der Waals surface area contributed by atoms with Gasteiger partial charge in [-0.3, -0.25) is 9.78 Å². The van der Waals surface area contributed by atoms with Crippen LogP contribution in [0.2, 0.25) is 0 Å². The van der Waals surface area contributed by atoms with Crippen LogP contribution in [0.15, 0.2) is 30.5 Å². The first kappa shape index (κ1) is 18.2. The number of ether oxygens (including phenoxy) is 1. The third kappa shape index (κ3) is 3.79. The van der Waals surface area contributed by atoms with Gasteiger partial charge in [0.2, 0.25) is 5.91 Å². The molecule has 6 nitrogen and oxygen atoms in total. The Morgan fingerprint density at radius 1 is 1.19 bits per heavy atom. The number of pyridine rings is 1. The summed E-state index contributed by atoms with van der Waals surface area (Å²) in [5.41, 5.74) is 2.07. The molecule has 1 aromatic heterocycles. The van der Waals surface area contributed by atoms with Crippen LogP contribution < -0.4 is 10.6 Å². The van der Waals surface area contributed by atoms with Crippen LogP contribution in [0, 0.1) is 5.92 Å². The molecule has 1 fully saturated rings. The number of amides is 1. The molecule has 0 atom stereocenters.